The number of hydrogen-bond acceptors (Lipinski definition) is 4. The highest BCUT2D eigenvalue weighted by Gasteiger charge is 2.16. The number of nitrogens with zero attached hydrogens (tertiary/aromatic N) is 1. The third-order valence-corrected chi connectivity index (χ3v) is 2.57. The second-order valence-corrected chi connectivity index (χ2v) is 3.86. The van der Waals surface area contributed by atoms with Gasteiger partial charge in [-0.05, 0) is 25.1 Å². The van der Waals surface area contributed by atoms with Crippen molar-refractivity contribution >= 4 is 5.97 Å². The van der Waals surface area contributed by atoms with Gasteiger partial charge in [0.2, 0.25) is 0 Å². The summed E-state index contributed by atoms with van der Waals surface area (Å²) in [6.07, 6.45) is 0. The van der Waals surface area contributed by atoms with Crippen molar-refractivity contribution in [3.05, 3.63) is 35.5 Å². The minimum absolute atomic E-state index is 0.110. The normalized spacial score (nSPS) is 10.4. The fraction of sp³-hybridized carbons (Fsp3) is 0.231. The van der Waals surface area contributed by atoms with Crippen molar-refractivity contribution < 1.29 is 23.0 Å². The molecule has 0 saturated heterocycles. The Morgan fingerprint density at radius 3 is 2.50 bits per heavy atom. The number of methoxy groups -OCH3 is 1. The van der Waals surface area contributed by atoms with Crippen LogP contribution in [-0.2, 0) is 4.74 Å². The number of benzene rings is 1. The standard InChI is InChI=1S/C13H12F2N2O3/c1-3-20-13(18)11-6-10(16-17-11)7-4-8(14)12(19-2)9(15)5-7/h4-6H,3H2,1-2H3,(H,16,17). The van der Waals surface area contributed by atoms with Crippen LogP contribution in [0, 0.1) is 11.6 Å². The van der Waals surface area contributed by atoms with E-state index in [1.165, 1.54) is 13.2 Å². The van der Waals surface area contributed by atoms with Crippen LogP contribution in [-0.4, -0.2) is 29.9 Å². The summed E-state index contributed by atoms with van der Waals surface area (Å²) in [5.74, 6) is -2.73. The van der Waals surface area contributed by atoms with Gasteiger partial charge in [0.25, 0.3) is 0 Å². The van der Waals surface area contributed by atoms with E-state index in [4.69, 9.17) is 4.74 Å². The summed E-state index contributed by atoms with van der Waals surface area (Å²) in [5, 5.41) is 6.28. The van der Waals surface area contributed by atoms with Gasteiger partial charge >= 0.3 is 5.97 Å². The smallest absolute Gasteiger partial charge is 0.356 e. The number of H-pyrrole nitrogens is 1. The molecule has 0 radical (unpaired) electrons. The predicted octanol–water partition coefficient (Wildman–Crippen LogP) is 2.54. The van der Waals surface area contributed by atoms with Crippen molar-refractivity contribution in [2.45, 2.75) is 6.92 Å². The number of halogens is 2. The van der Waals surface area contributed by atoms with Crippen molar-refractivity contribution in [3.8, 4) is 17.0 Å². The molecule has 0 unspecified atom stereocenters. The van der Waals surface area contributed by atoms with Gasteiger partial charge in [-0.1, -0.05) is 0 Å². The third kappa shape index (κ3) is 2.61. The van der Waals surface area contributed by atoms with Crippen LogP contribution in [0.5, 0.6) is 5.75 Å². The van der Waals surface area contributed by atoms with Gasteiger partial charge in [-0.25, -0.2) is 13.6 Å². The van der Waals surface area contributed by atoms with E-state index in [0.717, 1.165) is 12.1 Å². The first-order valence-electron chi connectivity index (χ1n) is 5.82. The van der Waals surface area contributed by atoms with Crippen molar-refractivity contribution in [2.75, 3.05) is 13.7 Å². The summed E-state index contributed by atoms with van der Waals surface area (Å²) in [6.45, 7) is 1.89. The Kier molecular flexibility index (Phi) is 3.97. The first kappa shape index (κ1) is 14.0. The van der Waals surface area contributed by atoms with Crippen molar-refractivity contribution in [2.24, 2.45) is 0 Å². The van der Waals surface area contributed by atoms with Gasteiger partial charge in [-0.15, -0.1) is 0 Å². The molecule has 0 atom stereocenters. The highest BCUT2D eigenvalue weighted by atomic mass is 19.1. The molecule has 0 fully saturated rings. The lowest BCUT2D eigenvalue weighted by molar-refractivity contribution is 0.0519. The van der Waals surface area contributed by atoms with E-state index in [0.29, 0.717) is 0 Å². The van der Waals surface area contributed by atoms with Gasteiger partial charge in [0, 0.05) is 5.56 Å². The van der Waals surface area contributed by atoms with Crippen LogP contribution in [0.2, 0.25) is 0 Å². The summed E-state index contributed by atoms with van der Waals surface area (Å²) < 4.78 is 36.5. The predicted molar refractivity (Wildman–Crippen MR) is 66.4 cm³/mol. The Morgan fingerprint density at radius 1 is 1.30 bits per heavy atom. The van der Waals surface area contributed by atoms with Crippen LogP contribution < -0.4 is 4.74 Å². The van der Waals surface area contributed by atoms with Crippen LogP contribution >= 0.6 is 0 Å². The van der Waals surface area contributed by atoms with Crippen molar-refractivity contribution in [3.63, 3.8) is 0 Å². The van der Waals surface area contributed by atoms with Gasteiger partial charge in [0.05, 0.1) is 19.4 Å². The largest absolute Gasteiger partial charge is 0.491 e. The summed E-state index contributed by atoms with van der Waals surface area (Å²) in [4.78, 5) is 11.5. The van der Waals surface area contributed by atoms with E-state index in [1.54, 1.807) is 6.92 Å². The fourth-order valence-corrected chi connectivity index (χ4v) is 1.69. The molecule has 0 aliphatic heterocycles. The fourth-order valence-electron chi connectivity index (χ4n) is 1.69. The molecule has 1 N–H and O–H groups in total. The first-order chi connectivity index (χ1) is 9.56. The molecule has 0 saturated carbocycles. The SMILES string of the molecule is CCOC(=O)c1cc(-c2cc(F)c(OC)c(F)c2)n[nH]1. The van der Waals surface area contributed by atoms with Gasteiger partial charge in [0.1, 0.15) is 5.69 Å². The van der Waals surface area contributed by atoms with Crippen LogP contribution in [0.3, 0.4) is 0 Å². The maximum atomic E-state index is 13.6. The molecule has 5 nitrogen and oxygen atoms in total. The Balaban J connectivity index is 2.35. The van der Waals surface area contributed by atoms with Crippen LogP contribution in [0.25, 0.3) is 11.3 Å². The lowest BCUT2D eigenvalue weighted by Crippen LogP contribution is -2.04. The minimum Gasteiger partial charge on any atom is -0.491 e. The maximum absolute atomic E-state index is 13.6. The molecule has 2 aromatic rings. The molecule has 106 valence electrons. The van der Waals surface area contributed by atoms with E-state index in [2.05, 4.69) is 14.9 Å². The monoisotopic (exact) mass is 282 g/mol. The molecule has 1 aromatic carbocycles. The molecule has 1 aromatic heterocycles. The van der Waals surface area contributed by atoms with Crippen LogP contribution in [0.1, 0.15) is 17.4 Å². The van der Waals surface area contributed by atoms with E-state index in [-0.39, 0.29) is 23.6 Å². The number of aromatic nitrogens is 2. The van der Waals surface area contributed by atoms with E-state index in [9.17, 15) is 13.6 Å². The molecule has 7 heteroatoms. The van der Waals surface area contributed by atoms with Gasteiger partial charge in [-0.3, -0.25) is 5.10 Å². The van der Waals surface area contributed by atoms with Crippen LogP contribution in [0.15, 0.2) is 18.2 Å². The Labute approximate surface area is 113 Å². The Bertz CT molecular complexity index is 617. The average Bonchev–Trinajstić information content (AvgIpc) is 2.88. The molecule has 2 rings (SSSR count). The number of hydrogen-bond donors (Lipinski definition) is 1. The Hall–Kier alpha value is -2.44. The summed E-state index contributed by atoms with van der Waals surface area (Å²) in [6, 6.07) is 3.51. The first-order valence-corrected chi connectivity index (χ1v) is 5.82. The summed E-state index contributed by atoms with van der Waals surface area (Å²) >= 11 is 0. The lowest BCUT2D eigenvalue weighted by atomic mass is 10.1. The maximum Gasteiger partial charge on any atom is 0.356 e. The number of aromatic amines is 1. The number of nitrogens with one attached hydrogen (secondary N) is 1. The molecular weight excluding hydrogens is 270 g/mol. The van der Waals surface area contributed by atoms with E-state index >= 15 is 0 Å². The second kappa shape index (κ2) is 5.68. The average molecular weight is 282 g/mol. The highest BCUT2D eigenvalue weighted by Crippen LogP contribution is 2.28. The van der Waals surface area contributed by atoms with Gasteiger partial charge < -0.3 is 9.47 Å². The number of rotatable bonds is 4. The summed E-state index contributed by atoms with van der Waals surface area (Å²) in [5.41, 5.74) is 0.527. The topological polar surface area (TPSA) is 64.2 Å². The highest BCUT2D eigenvalue weighted by molar-refractivity contribution is 5.88. The molecule has 20 heavy (non-hydrogen) atoms. The number of carbonyl (C=O) groups is 1. The number of esters is 1. The molecule has 0 bridgehead atoms. The zero-order valence-electron chi connectivity index (χ0n) is 10.9. The Morgan fingerprint density at radius 2 is 1.95 bits per heavy atom. The second-order valence-electron chi connectivity index (χ2n) is 3.86. The molecular formula is C13H12F2N2O3. The zero-order chi connectivity index (χ0) is 14.7. The zero-order valence-corrected chi connectivity index (χ0v) is 10.9. The number of carbonyl (C=O) groups excluding carboxylic acids is 1. The molecule has 0 amide bonds. The third-order valence-electron chi connectivity index (χ3n) is 2.57. The molecule has 1 heterocycles. The molecule has 0 spiro atoms. The lowest BCUT2D eigenvalue weighted by Gasteiger charge is -2.05. The van der Waals surface area contributed by atoms with Crippen LogP contribution in [0.4, 0.5) is 8.78 Å². The van der Waals surface area contributed by atoms with Gasteiger partial charge in [0.15, 0.2) is 17.4 Å². The van der Waals surface area contributed by atoms with Gasteiger partial charge in [-0.2, -0.15) is 5.10 Å². The quantitative estimate of drug-likeness (QED) is 0.875. The van der Waals surface area contributed by atoms with Crippen molar-refractivity contribution in [1.82, 2.24) is 10.2 Å². The summed E-state index contributed by atoms with van der Waals surface area (Å²) in [7, 11) is 1.18. The van der Waals surface area contributed by atoms with E-state index < -0.39 is 23.4 Å². The molecule has 0 aliphatic rings. The molecule has 0 aliphatic carbocycles. The van der Waals surface area contributed by atoms with Crippen molar-refractivity contribution in [1.29, 1.82) is 0 Å². The van der Waals surface area contributed by atoms with E-state index in [1.807, 2.05) is 0 Å². The minimum atomic E-state index is -0.844. The number of ether oxygens (including phenoxy) is 2.